The van der Waals surface area contributed by atoms with E-state index in [1.807, 2.05) is 30.5 Å². The number of thioether (sulfide) groups is 1. The number of hydrogen-bond donors (Lipinski definition) is 7. The SMILES string of the molecule is CSCCC(N)C(=O)NC(CCCCN)C(=O)NC(Cc1c[nH]c2ccccc12)C(=O)NC(C(=O)O)C(C)C. The molecule has 0 fully saturated rings. The first-order valence-corrected chi connectivity index (χ1v) is 14.6. The van der Waals surface area contributed by atoms with Gasteiger partial charge in [-0.1, -0.05) is 32.0 Å². The van der Waals surface area contributed by atoms with Gasteiger partial charge >= 0.3 is 5.97 Å². The first-order chi connectivity index (χ1) is 18.6. The van der Waals surface area contributed by atoms with Crippen LogP contribution in [-0.4, -0.2) is 76.5 Å². The Labute approximate surface area is 233 Å². The maximum Gasteiger partial charge on any atom is 0.326 e. The summed E-state index contributed by atoms with van der Waals surface area (Å²) < 4.78 is 0. The number of carbonyl (C=O) groups is 4. The molecule has 1 aromatic carbocycles. The largest absolute Gasteiger partial charge is 0.480 e. The molecule has 11 nitrogen and oxygen atoms in total. The van der Waals surface area contributed by atoms with Crippen LogP contribution in [0.5, 0.6) is 0 Å². The van der Waals surface area contributed by atoms with E-state index in [4.69, 9.17) is 11.5 Å². The monoisotopic (exact) mass is 562 g/mol. The molecular formula is C27H42N6O5S. The van der Waals surface area contributed by atoms with Crippen LogP contribution < -0.4 is 27.4 Å². The molecule has 0 bridgehead atoms. The average Bonchev–Trinajstić information content (AvgIpc) is 3.31. The number of aliphatic carboxylic acids is 1. The first kappa shape index (κ1) is 32.1. The van der Waals surface area contributed by atoms with E-state index in [9.17, 15) is 24.3 Å². The number of para-hydroxylation sites is 1. The summed E-state index contributed by atoms with van der Waals surface area (Å²) in [5.41, 5.74) is 13.3. The fourth-order valence-electron chi connectivity index (χ4n) is 4.19. The standard InChI is InChI=1S/C27H42N6O5S/c1-16(2)23(27(37)38)33-26(36)22(14-17-15-30-20-9-5-4-8-18(17)20)32-25(35)21(10-6-7-12-28)31-24(34)19(29)11-13-39-3/h4-5,8-9,15-16,19,21-23,30H,6-7,10-14,28-29H2,1-3H3,(H,31,34)(H,32,35)(H,33,36)(H,37,38). The molecular weight excluding hydrogens is 520 g/mol. The minimum atomic E-state index is -1.17. The van der Waals surface area contributed by atoms with Gasteiger partial charge in [0.05, 0.1) is 6.04 Å². The van der Waals surface area contributed by atoms with Crippen molar-refractivity contribution in [1.29, 1.82) is 0 Å². The Morgan fingerprint density at radius 3 is 2.28 bits per heavy atom. The molecule has 0 aliphatic heterocycles. The maximum absolute atomic E-state index is 13.5. The normalized spacial score (nSPS) is 14.4. The number of unbranched alkanes of at least 4 members (excludes halogenated alkanes) is 1. The summed E-state index contributed by atoms with van der Waals surface area (Å²) in [5.74, 6) is -2.46. The summed E-state index contributed by atoms with van der Waals surface area (Å²) in [7, 11) is 0. The molecule has 1 aromatic heterocycles. The predicted octanol–water partition coefficient (Wildman–Crippen LogP) is 1.11. The third-order valence-electron chi connectivity index (χ3n) is 6.51. The Bertz CT molecular complexity index is 1110. The fraction of sp³-hybridized carbons (Fsp3) is 0.556. The number of aromatic nitrogens is 1. The van der Waals surface area contributed by atoms with Crippen LogP contribution in [0.4, 0.5) is 0 Å². The average molecular weight is 563 g/mol. The lowest BCUT2D eigenvalue weighted by Gasteiger charge is -2.26. The van der Waals surface area contributed by atoms with Gasteiger partial charge in [-0.2, -0.15) is 11.8 Å². The number of hydrogen-bond acceptors (Lipinski definition) is 7. The van der Waals surface area contributed by atoms with Crippen LogP contribution >= 0.6 is 11.8 Å². The summed E-state index contributed by atoms with van der Waals surface area (Å²) in [5, 5.41) is 18.6. The Hall–Kier alpha value is -3.09. The van der Waals surface area contributed by atoms with Crippen LogP contribution in [0.3, 0.4) is 0 Å². The van der Waals surface area contributed by atoms with Gasteiger partial charge in [0.25, 0.3) is 0 Å². The number of aromatic amines is 1. The quantitative estimate of drug-likeness (QED) is 0.139. The molecule has 9 N–H and O–H groups in total. The molecule has 0 aliphatic carbocycles. The Balaban J connectivity index is 2.29. The number of benzene rings is 1. The van der Waals surface area contributed by atoms with Gasteiger partial charge in [0, 0.05) is 23.5 Å². The van der Waals surface area contributed by atoms with E-state index in [0.717, 1.165) is 16.5 Å². The molecule has 2 aromatic rings. The molecule has 0 saturated heterocycles. The molecule has 3 amide bonds. The van der Waals surface area contributed by atoms with E-state index >= 15 is 0 Å². The second kappa shape index (κ2) is 16.1. The van der Waals surface area contributed by atoms with Crippen molar-refractivity contribution in [3.05, 3.63) is 36.0 Å². The molecule has 12 heteroatoms. The Morgan fingerprint density at radius 2 is 1.64 bits per heavy atom. The van der Waals surface area contributed by atoms with Crippen molar-refractivity contribution in [2.24, 2.45) is 17.4 Å². The minimum Gasteiger partial charge on any atom is -0.480 e. The number of H-pyrrole nitrogens is 1. The first-order valence-electron chi connectivity index (χ1n) is 13.2. The van der Waals surface area contributed by atoms with Gasteiger partial charge < -0.3 is 37.5 Å². The van der Waals surface area contributed by atoms with E-state index in [-0.39, 0.29) is 12.3 Å². The van der Waals surface area contributed by atoms with Crippen LogP contribution in [0.1, 0.15) is 45.1 Å². The summed E-state index contributed by atoms with van der Waals surface area (Å²) in [4.78, 5) is 54.4. The second-order valence-electron chi connectivity index (χ2n) is 9.93. The highest BCUT2D eigenvalue weighted by Gasteiger charge is 2.31. The molecule has 216 valence electrons. The number of fused-ring (bicyclic) bond motifs is 1. The van der Waals surface area contributed by atoms with Gasteiger partial charge in [-0.3, -0.25) is 14.4 Å². The zero-order valence-electron chi connectivity index (χ0n) is 22.9. The summed E-state index contributed by atoms with van der Waals surface area (Å²) in [6.45, 7) is 3.82. The van der Waals surface area contributed by atoms with Crippen LogP contribution in [0, 0.1) is 5.92 Å². The molecule has 1 heterocycles. The van der Waals surface area contributed by atoms with Crippen LogP contribution in [0.15, 0.2) is 30.5 Å². The number of nitrogens with one attached hydrogen (secondary N) is 4. The van der Waals surface area contributed by atoms with Crippen molar-refractivity contribution in [2.75, 3.05) is 18.6 Å². The summed E-state index contributed by atoms with van der Waals surface area (Å²) >= 11 is 1.57. The smallest absolute Gasteiger partial charge is 0.326 e. The van der Waals surface area contributed by atoms with Crippen molar-refractivity contribution in [1.82, 2.24) is 20.9 Å². The molecule has 0 radical (unpaired) electrons. The second-order valence-corrected chi connectivity index (χ2v) is 10.9. The van der Waals surface area contributed by atoms with Gasteiger partial charge in [0.2, 0.25) is 17.7 Å². The zero-order valence-corrected chi connectivity index (χ0v) is 23.7. The highest BCUT2D eigenvalue weighted by molar-refractivity contribution is 7.98. The maximum atomic E-state index is 13.5. The molecule has 0 spiro atoms. The topological polar surface area (TPSA) is 192 Å². The Morgan fingerprint density at radius 1 is 0.974 bits per heavy atom. The highest BCUT2D eigenvalue weighted by atomic mass is 32.2. The van der Waals surface area contributed by atoms with Gasteiger partial charge in [-0.25, -0.2) is 4.79 Å². The van der Waals surface area contributed by atoms with Crippen molar-refractivity contribution >= 4 is 46.4 Å². The summed E-state index contributed by atoms with van der Waals surface area (Å²) in [6.07, 6.45) is 5.81. The number of rotatable bonds is 17. The lowest BCUT2D eigenvalue weighted by Crippen LogP contribution is -2.58. The van der Waals surface area contributed by atoms with Gasteiger partial charge in [-0.05, 0) is 61.8 Å². The van der Waals surface area contributed by atoms with Gasteiger partial charge in [0.15, 0.2) is 0 Å². The summed E-state index contributed by atoms with van der Waals surface area (Å²) in [6, 6.07) is 3.64. The number of carboxylic acid groups (broad SMARTS) is 1. The van der Waals surface area contributed by atoms with Crippen LogP contribution in [-0.2, 0) is 25.6 Å². The molecule has 39 heavy (non-hydrogen) atoms. The number of nitrogens with two attached hydrogens (primary N) is 2. The van der Waals surface area contributed by atoms with Crippen molar-refractivity contribution in [2.45, 2.75) is 70.1 Å². The number of amides is 3. The lowest BCUT2D eigenvalue weighted by atomic mass is 10.0. The van der Waals surface area contributed by atoms with E-state index in [1.165, 1.54) is 0 Å². The van der Waals surface area contributed by atoms with E-state index in [0.29, 0.717) is 38.0 Å². The third-order valence-corrected chi connectivity index (χ3v) is 7.16. The van der Waals surface area contributed by atoms with Gasteiger partial charge in [0.1, 0.15) is 18.1 Å². The molecule has 4 atom stereocenters. The van der Waals surface area contributed by atoms with Crippen molar-refractivity contribution < 1.29 is 24.3 Å². The van der Waals surface area contributed by atoms with E-state index in [2.05, 4.69) is 20.9 Å². The van der Waals surface area contributed by atoms with Gasteiger partial charge in [-0.15, -0.1) is 0 Å². The molecule has 4 unspecified atom stereocenters. The van der Waals surface area contributed by atoms with Crippen LogP contribution in [0.2, 0.25) is 0 Å². The van der Waals surface area contributed by atoms with E-state index in [1.54, 1.807) is 31.8 Å². The van der Waals surface area contributed by atoms with E-state index < -0.39 is 47.9 Å². The van der Waals surface area contributed by atoms with Crippen molar-refractivity contribution in [3.8, 4) is 0 Å². The van der Waals surface area contributed by atoms with Crippen molar-refractivity contribution in [3.63, 3.8) is 0 Å². The number of carboxylic acids is 1. The fourth-order valence-corrected chi connectivity index (χ4v) is 4.68. The lowest BCUT2D eigenvalue weighted by molar-refractivity contribution is -0.143. The molecule has 2 rings (SSSR count). The third kappa shape index (κ3) is 9.86. The molecule has 0 saturated carbocycles. The number of carbonyl (C=O) groups excluding carboxylic acids is 3. The minimum absolute atomic E-state index is 0.114. The molecule has 0 aliphatic rings. The highest BCUT2D eigenvalue weighted by Crippen LogP contribution is 2.19. The zero-order chi connectivity index (χ0) is 28.9. The predicted molar refractivity (Wildman–Crippen MR) is 154 cm³/mol. The Kier molecular flexibility index (Phi) is 13.3. The van der Waals surface area contributed by atoms with Crippen LogP contribution in [0.25, 0.3) is 10.9 Å².